The topological polar surface area (TPSA) is 82.1 Å². The Morgan fingerprint density at radius 3 is 2.07 bits per heavy atom. The molecule has 1 saturated heterocycles. The Balaban J connectivity index is 3.38. The molecular weight excluding hydrogens is 366 g/mol. The zero-order chi connectivity index (χ0) is 21.2. The maximum absolute atomic E-state index is 13.2. The summed E-state index contributed by atoms with van der Waals surface area (Å²) < 4.78 is 16.4. The molecule has 1 fully saturated rings. The second-order valence-electron chi connectivity index (χ2n) is 9.49. The summed E-state index contributed by atoms with van der Waals surface area (Å²) in [5.74, 6) is -1.07. The summed E-state index contributed by atoms with van der Waals surface area (Å²) in [5, 5.41) is 0. The van der Waals surface area contributed by atoms with Crippen LogP contribution < -0.4 is 0 Å². The van der Waals surface area contributed by atoms with Crippen molar-refractivity contribution in [2.45, 2.75) is 78.8 Å². The van der Waals surface area contributed by atoms with Gasteiger partial charge in [0.25, 0.3) is 0 Å². The van der Waals surface area contributed by atoms with Gasteiger partial charge >= 0.3 is 12.1 Å². The van der Waals surface area contributed by atoms with Gasteiger partial charge in [0.1, 0.15) is 12.0 Å². The van der Waals surface area contributed by atoms with Crippen LogP contribution in [-0.2, 0) is 23.5 Å². The van der Waals surface area contributed by atoms with Gasteiger partial charge in [0.2, 0.25) is 0 Å². The number of hydrogen-bond donors (Lipinski definition) is 0. The molecule has 1 heterocycles. The van der Waals surface area contributed by atoms with Gasteiger partial charge in [-0.3, -0.25) is 14.5 Å². The number of esters is 1. The van der Waals surface area contributed by atoms with Crippen molar-refractivity contribution in [3.8, 4) is 0 Å². The lowest BCUT2D eigenvalue weighted by Gasteiger charge is -2.39. The number of nitrogens with zero attached hydrogens (tertiary/aromatic N) is 1. The summed E-state index contributed by atoms with van der Waals surface area (Å²) in [5.41, 5.74) is -2.33. The molecule has 0 bridgehead atoms. The van der Waals surface area contributed by atoms with Gasteiger partial charge in [-0.15, -0.1) is 0 Å². The highest BCUT2D eigenvalue weighted by Crippen LogP contribution is 2.44. The average Bonchev–Trinajstić information content (AvgIpc) is 2.85. The minimum absolute atomic E-state index is 0.0272. The molecule has 0 spiro atoms. The third kappa shape index (κ3) is 6.04. The molecule has 0 N–H and O–H groups in total. The summed E-state index contributed by atoms with van der Waals surface area (Å²) in [6.45, 7) is 15.7. The molecule has 156 valence electrons. The van der Waals surface area contributed by atoms with E-state index >= 15 is 0 Å². The van der Waals surface area contributed by atoms with E-state index in [1.165, 1.54) is 12.0 Å². The van der Waals surface area contributed by atoms with Gasteiger partial charge in [-0.25, -0.2) is 4.79 Å². The van der Waals surface area contributed by atoms with Crippen LogP contribution in [0.4, 0.5) is 4.79 Å². The van der Waals surface area contributed by atoms with Gasteiger partial charge in [0, 0.05) is 13.0 Å². The van der Waals surface area contributed by atoms with Gasteiger partial charge in [-0.1, -0.05) is 20.8 Å². The van der Waals surface area contributed by atoms with Crippen LogP contribution in [0, 0.1) is 11.3 Å². The fourth-order valence-corrected chi connectivity index (χ4v) is 4.30. The van der Waals surface area contributed by atoms with Crippen LogP contribution in [0.15, 0.2) is 0 Å². The largest absolute Gasteiger partial charge is 0.469 e. The van der Waals surface area contributed by atoms with Crippen molar-refractivity contribution in [1.82, 2.24) is 4.90 Å². The number of Topliss-reactive ketones (excluding diaryl/α,β-unsaturated/α-hetero) is 1. The number of hydrogen-bond acceptors (Lipinski definition) is 6. The van der Waals surface area contributed by atoms with E-state index in [-0.39, 0.29) is 11.3 Å². The second kappa shape index (κ2) is 8.30. The zero-order valence-corrected chi connectivity index (χ0v) is 19.3. The molecule has 7 nitrogen and oxygen atoms in total. The number of carbonyl (C=O) groups is 3. The first-order valence-electron chi connectivity index (χ1n) is 9.41. The van der Waals surface area contributed by atoms with Crippen molar-refractivity contribution in [3.05, 3.63) is 0 Å². The number of likely N-dealkylation sites (tertiary alicyclic amines) is 1. The molecule has 0 unspecified atom stereocenters. The molecule has 0 radical (unpaired) electrons. The van der Waals surface area contributed by atoms with Crippen LogP contribution in [0.5, 0.6) is 0 Å². The first kappa shape index (κ1) is 23.6. The van der Waals surface area contributed by atoms with Crippen LogP contribution in [-0.4, -0.2) is 56.8 Å². The standard InChI is InChI=1S/C19H35NO6Si/c1-17(2,3)13-11-19(26-27(8)9,14(21)10-15(22)24-7)20(12-13)16(23)25-18(4,5)6/h13,27H,10-12H2,1-9H3/t13-,19-/m0/s1. The summed E-state index contributed by atoms with van der Waals surface area (Å²) >= 11 is 0. The van der Waals surface area contributed by atoms with E-state index in [1.54, 1.807) is 20.8 Å². The monoisotopic (exact) mass is 401 g/mol. The summed E-state index contributed by atoms with van der Waals surface area (Å²) in [6, 6.07) is 0. The molecule has 1 amide bonds. The molecule has 0 aromatic carbocycles. The Morgan fingerprint density at radius 1 is 1.11 bits per heavy atom. The number of methoxy groups -OCH3 is 1. The van der Waals surface area contributed by atoms with E-state index in [0.717, 1.165) is 0 Å². The third-order valence-corrected chi connectivity index (χ3v) is 5.46. The summed E-state index contributed by atoms with van der Waals surface area (Å²) in [4.78, 5) is 39.3. The van der Waals surface area contributed by atoms with Crippen molar-refractivity contribution in [2.24, 2.45) is 11.3 Å². The van der Waals surface area contributed by atoms with Gasteiger partial charge in [-0.05, 0) is 45.2 Å². The van der Waals surface area contributed by atoms with Gasteiger partial charge < -0.3 is 13.9 Å². The predicted molar refractivity (Wildman–Crippen MR) is 105 cm³/mol. The minimum atomic E-state index is -1.74. The number of ketones is 1. The van der Waals surface area contributed by atoms with Crippen molar-refractivity contribution >= 4 is 26.9 Å². The Bertz CT molecular complexity index is 578. The Kier molecular flexibility index (Phi) is 7.27. The number of rotatable bonds is 5. The van der Waals surface area contributed by atoms with E-state index < -0.39 is 44.6 Å². The molecule has 0 aromatic rings. The van der Waals surface area contributed by atoms with E-state index in [0.29, 0.717) is 13.0 Å². The molecule has 2 atom stereocenters. The lowest BCUT2D eigenvalue weighted by atomic mass is 9.78. The Hall–Kier alpha value is -1.41. The maximum atomic E-state index is 13.2. The SMILES string of the molecule is COC(=O)CC(=O)[C@@]1(O[SiH](C)C)C[C@H](C(C)(C)C)CN1C(=O)OC(C)(C)C. The highest BCUT2D eigenvalue weighted by atomic mass is 28.3. The molecule has 0 aromatic heterocycles. The van der Waals surface area contributed by atoms with Crippen LogP contribution in [0.3, 0.4) is 0 Å². The van der Waals surface area contributed by atoms with E-state index in [9.17, 15) is 14.4 Å². The zero-order valence-electron chi connectivity index (χ0n) is 18.2. The molecule has 0 aliphatic carbocycles. The van der Waals surface area contributed by atoms with Crippen LogP contribution >= 0.6 is 0 Å². The van der Waals surface area contributed by atoms with E-state index in [2.05, 4.69) is 25.5 Å². The lowest BCUT2D eigenvalue weighted by Crippen LogP contribution is -2.57. The van der Waals surface area contributed by atoms with Crippen molar-refractivity contribution in [3.63, 3.8) is 0 Å². The summed E-state index contributed by atoms with van der Waals surface area (Å²) in [7, 11) is -0.503. The highest BCUT2D eigenvalue weighted by Gasteiger charge is 2.57. The summed E-state index contributed by atoms with van der Waals surface area (Å²) in [6.07, 6.45) is -0.688. The molecule has 1 rings (SSSR count). The normalized spacial score (nSPS) is 23.5. The van der Waals surface area contributed by atoms with Gasteiger partial charge in [-0.2, -0.15) is 0 Å². The van der Waals surface area contributed by atoms with Crippen LogP contribution in [0.1, 0.15) is 54.4 Å². The maximum Gasteiger partial charge on any atom is 0.412 e. The highest BCUT2D eigenvalue weighted by molar-refractivity contribution is 6.48. The van der Waals surface area contributed by atoms with Crippen LogP contribution in [0.2, 0.25) is 13.1 Å². The van der Waals surface area contributed by atoms with E-state index in [1.807, 2.05) is 13.1 Å². The molecular formula is C19H35NO6Si. The Labute approximate surface area is 164 Å². The molecule has 0 saturated carbocycles. The van der Waals surface area contributed by atoms with Crippen LogP contribution in [0.25, 0.3) is 0 Å². The average molecular weight is 402 g/mol. The van der Waals surface area contributed by atoms with Crippen molar-refractivity contribution in [1.29, 1.82) is 0 Å². The third-order valence-electron chi connectivity index (χ3n) is 4.60. The van der Waals surface area contributed by atoms with E-state index in [4.69, 9.17) is 9.16 Å². The van der Waals surface area contributed by atoms with Crippen molar-refractivity contribution in [2.75, 3.05) is 13.7 Å². The fourth-order valence-electron chi connectivity index (χ4n) is 3.17. The predicted octanol–water partition coefficient (Wildman–Crippen LogP) is 3.12. The minimum Gasteiger partial charge on any atom is -0.469 e. The second-order valence-corrected chi connectivity index (χ2v) is 11.8. The molecule has 1 aliphatic rings. The lowest BCUT2D eigenvalue weighted by molar-refractivity contribution is -0.156. The number of ether oxygens (including phenoxy) is 2. The van der Waals surface area contributed by atoms with Crippen molar-refractivity contribution < 1.29 is 28.3 Å². The Morgan fingerprint density at radius 2 is 1.67 bits per heavy atom. The first-order chi connectivity index (χ1) is 12.1. The number of carbonyl (C=O) groups excluding carboxylic acids is 3. The van der Waals surface area contributed by atoms with Gasteiger partial charge in [0.15, 0.2) is 20.5 Å². The fraction of sp³-hybridized carbons (Fsp3) is 0.842. The first-order valence-corrected chi connectivity index (χ1v) is 12.2. The quantitative estimate of drug-likeness (QED) is 0.400. The van der Waals surface area contributed by atoms with Gasteiger partial charge in [0.05, 0.1) is 7.11 Å². The smallest absolute Gasteiger partial charge is 0.412 e. The molecule has 27 heavy (non-hydrogen) atoms. The molecule has 1 aliphatic heterocycles. The molecule has 8 heteroatoms. The number of amides is 1.